The third-order valence-electron chi connectivity index (χ3n) is 3.42. The van der Waals surface area contributed by atoms with Crippen molar-refractivity contribution < 1.29 is 23.1 Å². The summed E-state index contributed by atoms with van der Waals surface area (Å²) in [6.07, 6.45) is -0.150. The maximum Gasteiger partial charge on any atom is 0.410 e. The summed E-state index contributed by atoms with van der Waals surface area (Å²) in [7, 11) is 0. The van der Waals surface area contributed by atoms with E-state index in [9.17, 15) is 18.4 Å². The molecule has 22 heavy (non-hydrogen) atoms. The Morgan fingerprint density at radius 2 is 1.82 bits per heavy atom. The third kappa shape index (κ3) is 3.61. The number of carbonyl (C=O) groups excluding carboxylic acids is 2. The van der Waals surface area contributed by atoms with Crippen molar-refractivity contribution in [3.05, 3.63) is 35.4 Å². The van der Waals surface area contributed by atoms with Crippen LogP contribution in [0.4, 0.5) is 13.6 Å². The molecule has 0 spiro atoms. The normalized spacial score (nSPS) is 18.4. The number of benzene rings is 1. The number of carbonyl (C=O) groups is 2. The number of ether oxygens (including phenoxy) is 1. The summed E-state index contributed by atoms with van der Waals surface area (Å²) in [4.78, 5) is 25.6. The molecule has 1 aromatic rings. The van der Waals surface area contributed by atoms with Crippen LogP contribution in [0.25, 0.3) is 0 Å². The number of rotatable bonds is 2. The SMILES string of the molecule is CC(C)(C)OC(=O)N1CCC(C(=O)c2c(F)cccc2F)C1. The fraction of sp³-hybridized carbons (Fsp3) is 0.500. The molecular weight excluding hydrogens is 292 g/mol. The van der Waals surface area contributed by atoms with Crippen molar-refractivity contribution in [2.24, 2.45) is 5.92 Å². The van der Waals surface area contributed by atoms with Crippen LogP contribution in [0.3, 0.4) is 0 Å². The van der Waals surface area contributed by atoms with Crippen LogP contribution in [-0.4, -0.2) is 35.5 Å². The second-order valence-corrected chi connectivity index (χ2v) is 6.37. The zero-order chi connectivity index (χ0) is 16.5. The van der Waals surface area contributed by atoms with Gasteiger partial charge in [0.25, 0.3) is 0 Å². The Labute approximate surface area is 128 Å². The summed E-state index contributed by atoms with van der Waals surface area (Å²) in [5.41, 5.74) is -1.16. The Morgan fingerprint density at radius 1 is 1.23 bits per heavy atom. The van der Waals surface area contributed by atoms with Gasteiger partial charge in [-0.3, -0.25) is 4.79 Å². The highest BCUT2D eigenvalue weighted by Crippen LogP contribution is 2.25. The highest BCUT2D eigenvalue weighted by atomic mass is 19.1. The van der Waals surface area contributed by atoms with Gasteiger partial charge in [0.15, 0.2) is 5.78 Å². The highest BCUT2D eigenvalue weighted by molar-refractivity contribution is 5.99. The lowest BCUT2D eigenvalue weighted by atomic mass is 9.96. The fourth-order valence-electron chi connectivity index (χ4n) is 2.40. The van der Waals surface area contributed by atoms with Crippen LogP contribution in [-0.2, 0) is 4.74 Å². The Balaban J connectivity index is 2.07. The van der Waals surface area contributed by atoms with E-state index in [1.807, 2.05) is 0 Å². The molecule has 0 aromatic heterocycles. The molecule has 4 nitrogen and oxygen atoms in total. The number of nitrogens with zero attached hydrogens (tertiary/aromatic N) is 1. The van der Waals surface area contributed by atoms with Crippen molar-refractivity contribution >= 4 is 11.9 Å². The third-order valence-corrected chi connectivity index (χ3v) is 3.42. The van der Waals surface area contributed by atoms with E-state index >= 15 is 0 Å². The van der Waals surface area contributed by atoms with E-state index in [-0.39, 0.29) is 6.54 Å². The van der Waals surface area contributed by atoms with E-state index in [0.717, 1.165) is 12.1 Å². The molecule has 1 atom stereocenters. The smallest absolute Gasteiger partial charge is 0.410 e. The van der Waals surface area contributed by atoms with Crippen molar-refractivity contribution in [3.8, 4) is 0 Å². The standard InChI is InChI=1S/C16H19F2NO3/c1-16(2,3)22-15(21)19-8-7-10(9-19)14(20)13-11(17)5-4-6-12(13)18/h4-6,10H,7-9H2,1-3H3. The average Bonchev–Trinajstić information content (AvgIpc) is 2.85. The van der Waals surface area contributed by atoms with Gasteiger partial charge in [-0.2, -0.15) is 0 Å². The minimum atomic E-state index is -0.874. The summed E-state index contributed by atoms with van der Waals surface area (Å²) >= 11 is 0. The fourth-order valence-corrected chi connectivity index (χ4v) is 2.40. The molecule has 0 aliphatic carbocycles. The lowest BCUT2D eigenvalue weighted by Crippen LogP contribution is -2.36. The maximum absolute atomic E-state index is 13.7. The summed E-state index contributed by atoms with van der Waals surface area (Å²) in [5.74, 6) is -2.97. The quantitative estimate of drug-likeness (QED) is 0.786. The summed E-state index contributed by atoms with van der Waals surface area (Å²) in [6, 6.07) is 3.32. The van der Waals surface area contributed by atoms with Crippen LogP contribution in [0.5, 0.6) is 0 Å². The topological polar surface area (TPSA) is 46.6 Å². The van der Waals surface area contributed by atoms with Gasteiger partial charge in [-0.15, -0.1) is 0 Å². The number of likely N-dealkylation sites (tertiary alicyclic amines) is 1. The monoisotopic (exact) mass is 311 g/mol. The molecule has 1 saturated heterocycles. The van der Waals surface area contributed by atoms with Crippen LogP contribution in [0.1, 0.15) is 37.6 Å². The minimum Gasteiger partial charge on any atom is -0.444 e. The van der Waals surface area contributed by atoms with E-state index in [4.69, 9.17) is 4.74 Å². The summed E-state index contributed by atoms with van der Waals surface area (Å²) in [5, 5.41) is 0. The number of amides is 1. The Bertz CT molecular complexity index is 575. The molecule has 1 aliphatic rings. The first-order valence-corrected chi connectivity index (χ1v) is 7.15. The van der Waals surface area contributed by atoms with Crippen molar-refractivity contribution in [1.29, 1.82) is 0 Å². The van der Waals surface area contributed by atoms with Gasteiger partial charge < -0.3 is 9.64 Å². The summed E-state index contributed by atoms with van der Waals surface area (Å²) in [6.45, 7) is 5.69. The maximum atomic E-state index is 13.7. The van der Waals surface area contributed by atoms with Gasteiger partial charge >= 0.3 is 6.09 Å². The van der Waals surface area contributed by atoms with Crippen LogP contribution in [0, 0.1) is 17.6 Å². The van der Waals surface area contributed by atoms with Crippen molar-refractivity contribution in [2.45, 2.75) is 32.8 Å². The highest BCUT2D eigenvalue weighted by Gasteiger charge is 2.35. The predicted octanol–water partition coefficient (Wildman–Crippen LogP) is 3.40. The van der Waals surface area contributed by atoms with E-state index in [1.165, 1.54) is 11.0 Å². The molecule has 2 rings (SSSR count). The Hall–Kier alpha value is -1.98. The first-order chi connectivity index (χ1) is 10.2. The van der Waals surface area contributed by atoms with Gasteiger partial charge in [0.2, 0.25) is 0 Å². The van der Waals surface area contributed by atoms with Crippen molar-refractivity contribution in [2.75, 3.05) is 13.1 Å². The van der Waals surface area contributed by atoms with E-state index in [1.54, 1.807) is 20.8 Å². The second-order valence-electron chi connectivity index (χ2n) is 6.37. The average molecular weight is 311 g/mol. The first kappa shape index (κ1) is 16.4. The molecule has 6 heteroatoms. The molecule has 1 heterocycles. The molecule has 0 saturated carbocycles. The molecule has 0 N–H and O–H groups in total. The number of halogens is 2. The summed E-state index contributed by atoms with van der Waals surface area (Å²) < 4.78 is 32.6. The molecule has 1 amide bonds. The van der Waals surface area contributed by atoms with Crippen LogP contribution in [0.2, 0.25) is 0 Å². The zero-order valence-electron chi connectivity index (χ0n) is 12.9. The largest absolute Gasteiger partial charge is 0.444 e. The lowest BCUT2D eigenvalue weighted by molar-refractivity contribution is 0.0289. The Kier molecular flexibility index (Phi) is 4.49. The number of Topliss-reactive ketones (excluding diaryl/α,β-unsaturated/α-hetero) is 1. The molecule has 1 fully saturated rings. The Morgan fingerprint density at radius 3 is 2.36 bits per heavy atom. The lowest BCUT2D eigenvalue weighted by Gasteiger charge is -2.24. The van der Waals surface area contributed by atoms with E-state index in [2.05, 4.69) is 0 Å². The molecular formula is C16H19F2NO3. The first-order valence-electron chi connectivity index (χ1n) is 7.15. The number of hydrogen-bond acceptors (Lipinski definition) is 3. The van der Waals surface area contributed by atoms with Gasteiger partial charge in [-0.05, 0) is 39.3 Å². The number of ketones is 1. The molecule has 120 valence electrons. The van der Waals surface area contributed by atoms with Crippen LogP contribution >= 0.6 is 0 Å². The van der Waals surface area contributed by atoms with Gasteiger partial charge in [0, 0.05) is 19.0 Å². The number of hydrogen-bond donors (Lipinski definition) is 0. The van der Waals surface area contributed by atoms with Gasteiger partial charge in [-0.25, -0.2) is 13.6 Å². The molecule has 1 aromatic carbocycles. The zero-order valence-corrected chi connectivity index (χ0v) is 12.9. The van der Waals surface area contributed by atoms with Crippen molar-refractivity contribution in [1.82, 2.24) is 4.90 Å². The van der Waals surface area contributed by atoms with E-state index < -0.39 is 40.6 Å². The molecule has 1 unspecified atom stereocenters. The second kappa shape index (κ2) is 6.02. The van der Waals surface area contributed by atoms with Crippen LogP contribution < -0.4 is 0 Å². The molecule has 0 bridgehead atoms. The van der Waals surface area contributed by atoms with Gasteiger partial charge in [0.05, 0.1) is 5.56 Å². The predicted molar refractivity (Wildman–Crippen MR) is 76.6 cm³/mol. The minimum absolute atomic E-state index is 0.113. The van der Waals surface area contributed by atoms with Gasteiger partial charge in [0.1, 0.15) is 17.2 Å². The van der Waals surface area contributed by atoms with Gasteiger partial charge in [-0.1, -0.05) is 6.07 Å². The van der Waals surface area contributed by atoms with Crippen molar-refractivity contribution in [3.63, 3.8) is 0 Å². The van der Waals surface area contributed by atoms with E-state index in [0.29, 0.717) is 13.0 Å². The molecule has 0 radical (unpaired) electrons. The van der Waals surface area contributed by atoms with Crippen LogP contribution in [0.15, 0.2) is 18.2 Å². The molecule has 1 aliphatic heterocycles.